The van der Waals surface area contributed by atoms with Crippen molar-refractivity contribution in [1.29, 1.82) is 0 Å². The maximum atomic E-state index is 11.8. The maximum Gasteiger partial charge on any atom is 0.335 e. The Morgan fingerprint density at radius 3 is 2.50 bits per heavy atom. The zero-order valence-corrected chi connectivity index (χ0v) is 15.6. The molecular weight excluding hydrogens is 300 g/mol. The predicted octanol–water partition coefficient (Wildman–Crippen LogP) is 5.37. The van der Waals surface area contributed by atoms with Crippen LogP contribution in [0.5, 0.6) is 0 Å². The van der Waals surface area contributed by atoms with Crippen LogP contribution in [0.3, 0.4) is 0 Å². The van der Waals surface area contributed by atoms with Crippen LogP contribution >= 0.6 is 0 Å². The third-order valence-corrected chi connectivity index (χ3v) is 4.29. The molecule has 0 radical (unpaired) electrons. The van der Waals surface area contributed by atoms with E-state index in [2.05, 4.69) is 43.4 Å². The summed E-state index contributed by atoms with van der Waals surface area (Å²) in [5, 5.41) is 0. The van der Waals surface area contributed by atoms with Crippen LogP contribution < -0.4 is 0 Å². The fourth-order valence-electron chi connectivity index (χ4n) is 3.05. The number of unbranched alkanes of at least 4 members (excludes halogenated alkanes) is 2. The molecule has 0 aromatic rings. The summed E-state index contributed by atoms with van der Waals surface area (Å²) < 4.78 is 10.6. The maximum absolute atomic E-state index is 11.8. The standard InChI is InChI=1S/C21H34O3/c1-4-7-15-21(17-12-9-13-18-21)16-11-8-10-14-19(23-5-2)20(22)24-6-3/h7,12-13,15,17-19H,4-6,8-11,14,16H2,1-3H3/b15-7-. The van der Waals surface area contributed by atoms with Gasteiger partial charge in [0.2, 0.25) is 0 Å². The predicted molar refractivity (Wildman–Crippen MR) is 99.9 cm³/mol. The average Bonchev–Trinajstić information content (AvgIpc) is 2.60. The minimum Gasteiger partial charge on any atom is -0.464 e. The molecule has 0 heterocycles. The van der Waals surface area contributed by atoms with Crippen LogP contribution in [0, 0.1) is 5.41 Å². The van der Waals surface area contributed by atoms with E-state index >= 15 is 0 Å². The van der Waals surface area contributed by atoms with Gasteiger partial charge in [-0.3, -0.25) is 0 Å². The zero-order chi connectivity index (χ0) is 17.7. The highest BCUT2D eigenvalue weighted by atomic mass is 16.6. The van der Waals surface area contributed by atoms with Crippen molar-refractivity contribution in [2.75, 3.05) is 13.2 Å². The Balaban J connectivity index is 2.38. The fraction of sp³-hybridized carbons (Fsp3) is 0.667. The van der Waals surface area contributed by atoms with Crippen LogP contribution in [0.4, 0.5) is 0 Å². The van der Waals surface area contributed by atoms with Gasteiger partial charge >= 0.3 is 5.97 Å². The zero-order valence-electron chi connectivity index (χ0n) is 15.6. The highest BCUT2D eigenvalue weighted by Crippen LogP contribution is 2.33. The SMILES string of the molecule is CC/C=C\C1(CCCCCC(OCC)C(=O)OCC)C=CCC=C1. The lowest BCUT2D eigenvalue weighted by Crippen LogP contribution is -2.26. The molecule has 24 heavy (non-hydrogen) atoms. The summed E-state index contributed by atoms with van der Waals surface area (Å²) in [5.74, 6) is -0.222. The first-order valence-corrected chi connectivity index (χ1v) is 9.48. The molecule has 1 atom stereocenters. The van der Waals surface area contributed by atoms with Crippen LogP contribution in [0.1, 0.15) is 65.7 Å². The number of hydrogen-bond donors (Lipinski definition) is 0. The van der Waals surface area contributed by atoms with E-state index in [1.807, 2.05) is 13.8 Å². The second-order valence-electron chi connectivity index (χ2n) is 6.26. The molecule has 0 bridgehead atoms. The molecule has 0 saturated carbocycles. The van der Waals surface area contributed by atoms with Gasteiger partial charge < -0.3 is 9.47 Å². The Hall–Kier alpha value is -1.35. The summed E-state index contributed by atoms with van der Waals surface area (Å²) in [6.07, 6.45) is 20.6. The largest absolute Gasteiger partial charge is 0.464 e. The summed E-state index contributed by atoms with van der Waals surface area (Å²) in [6.45, 7) is 6.87. The number of ether oxygens (including phenoxy) is 2. The summed E-state index contributed by atoms with van der Waals surface area (Å²) in [7, 11) is 0. The first-order chi connectivity index (χ1) is 11.7. The van der Waals surface area contributed by atoms with Crippen LogP contribution in [0.25, 0.3) is 0 Å². The molecule has 0 aromatic heterocycles. The first-order valence-electron chi connectivity index (χ1n) is 9.48. The molecule has 1 unspecified atom stereocenters. The average molecular weight is 335 g/mol. The Morgan fingerprint density at radius 1 is 1.12 bits per heavy atom. The van der Waals surface area contributed by atoms with Crippen LogP contribution in [-0.4, -0.2) is 25.3 Å². The van der Waals surface area contributed by atoms with E-state index in [0.717, 1.165) is 44.9 Å². The highest BCUT2D eigenvalue weighted by Gasteiger charge is 2.22. The second kappa shape index (κ2) is 12.1. The van der Waals surface area contributed by atoms with Crippen molar-refractivity contribution >= 4 is 5.97 Å². The lowest BCUT2D eigenvalue weighted by Gasteiger charge is -2.26. The molecule has 1 aliphatic rings. The molecule has 1 aliphatic carbocycles. The number of hydrogen-bond acceptors (Lipinski definition) is 3. The van der Waals surface area contributed by atoms with Gasteiger partial charge in [-0.1, -0.05) is 62.6 Å². The number of esters is 1. The van der Waals surface area contributed by atoms with Crippen LogP contribution in [-0.2, 0) is 14.3 Å². The summed E-state index contributed by atoms with van der Waals surface area (Å²) >= 11 is 0. The molecule has 3 heteroatoms. The minimum atomic E-state index is -0.404. The Morgan fingerprint density at radius 2 is 1.88 bits per heavy atom. The van der Waals surface area contributed by atoms with Crippen molar-refractivity contribution in [3.63, 3.8) is 0 Å². The monoisotopic (exact) mass is 334 g/mol. The summed E-state index contributed by atoms with van der Waals surface area (Å²) in [6, 6.07) is 0. The quantitative estimate of drug-likeness (QED) is 0.273. The summed E-state index contributed by atoms with van der Waals surface area (Å²) in [4.78, 5) is 11.8. The molecule has 136 valence electrons. The van der Waals surface area contributed by atoms with E-state index in [4.69, 9.17) is 9.47 Å². The van der Waals surface area contributed by atoms with Crippen molar-refractivity contribution < 1.29 is 14.3 Å². The summed E-state index contributed by atoms with van der Waals surface area (Å²) in [5.41, 5.74) is 0.0920. The number of carbonyl (C=O) groups is 1. The Bertz CT molecular complexity index is 422. The van der Waals surface area contributed by atoms with Gasteiger partial charge in [-0.25, -0.2) is 4.79 Å². The van der Waals surface area contributed by atoms with Crippen molar-refractivity contribution in [2.24, 2.45) is 5.41 Å². The lowest BCUT2D eigenvalue weighted by atomic mass is 9.79. The van der Waals surface area contributed by atoms with Gasteiger partial charge in [0.15, 0.2) is 6.10 Å². The van der Waals surface area contributed by atoms with Crippen molar-refractivity contribution in [2.45, 2.75) is 71.8 Å². The van der Waals surface area contributed by atoms with E-state index in [1.165, 1.54) is 0 Å². The van der Waals surface area contributed by atoms with Crippen LogP contribution in [0.2, 0.25) is 0 Å². The van der Waals surface area contributed by atoms with E-state index in [9.17, 15) is 4.79 Å². The fourth-order valence-corrected chi connectivity index (χ4v) is 3.05. The van der Waals surface area contributed by atoms with Gasteiger partial charge in [0.25, 0.3) is 0 Å². The van der Waals surface area contributed by atoms with E-state index in [0.29, 0.717) is 13.2 Å². The third kappa shape index (κ3) is 7.48. The van der Waals surface area contributed by atoms with Gasteiger partial charge in [0.05, 0.1) is 6.61 Å². The number of allylic oxidation sites excluding steroid dienone is 6. The molecular formula is C21H34O3. The Kier molecular flexibility index (Phi) is 10.4. The third-order valence-electron chi connectivity index (χ3n) is 4.29. The molecule has 0 amide bonds. The minimum absolute atomic E-state index is 0.0920. The van der Waals surface area contributed by atoms with Crippen molar-refractivity contribution in [1.82, 2.24) is 0 Å². The lowest BCUT2D eigenvalue weighted by molar-refractivity contribution is -0.156. The van der Waals surface area contributed by atoms with E-state index in [1.54, 1.807) is 0 Å². The molecule has 0 spiro atoms. The molecule has 1 rings (SSSR count). The Labute approximate surface area is 147 Å². The first kappa shape index (κ1) is 20.7. The number of carbonyl (C=O) groups excluding carboxylic acids is 1. The van der Waals surface area contributed by atoms with Gasteiger partial charge in [-0.2, -0.15) is 0 Å². The highest BCUT2D eigenvalue weighted by molar-refractivity contribution is 5.74. The van der Waals surface area contributed by atoms with Gasteiger partial charge in [0.1, 0.15) is 0 Å². The normalized spacial score (nSPS) is 17.3. The van der Waals surface area contributed by atoms with E-state index in [-0.39, 0.29) is 11.4 Å². The van der Waals surface area contributed by atoms with Gasteiger partial charge in [0, 0.05) is 12.0 Å². The van der Waals surface area contributed by atoms with Crippen molar-refractivity contribution in [3.05, 3.63) is 36.5 Å². The molecule has 0 aliphatic heterocycles. The van der Waals surface area contributed by atoms with Crippen LogP contribution in [0.15, 0.2) is 36.5 Å². The molecule has 0 fully saturated rings. The topological polar surface area (TPSA) is 35.5 Å². The van der Waals surface area contributed by atoms with Gasteiger partial charge in [-0.15, -0.1) is 0 Å². The molecule has 0 N–H and O–H groups in total. The van der Waals surface area contributed by atoms with Gasteiger partial charge in [-0.05, 0) is 39.5 Å². The van der Waals surface area contributed by atoms with Crippen molar-refractivity contribution in [3.8, 4) is 0 Å². The second-order valence-corrected chi connectivity index (χ2v) is 6.26. The molecule has 0 aromatic carbocycles. The molecule has 3 nitrogen and oxygen atoms in total. The smallest absolute Gasteiger partial charge is 0.335 e. The van der Waals surface area contributed by atoms with E-state index < -0.39 is 6.10 Å². The molecule has 0 saturated heterocycles. The number of rotatable bonds is 12.